The molecule has 0 amide bonds. The second kappa shape index (κ2) is 10.6. The minimum absolute atomic E-state index is 0.135. The van der Waals surface area contributed by atoms with E-state index in [0.29, 0.717) is 44.2 Å². The van der Waals surface area contributed by atoms with Crippen molar-refractivity contribution in [2.75, 3.05) is 12.0 Å². The van der Waals surface area contributed by atoms with Gasteiger partial charge in [-0.25, -0.2) is 32.1 Å². The summed E-state index contributed by atoms with van der Waals surface area (Å²) < 4.78 is 48.5. The monoisotopic (exact) mass is 619 g/mol. The van der Waals surface area contributed by atoms with Crippen molar-refractivity contribution in [3.05, 3.63) is 83.5 Å². The number of aromatic nitrogens is 6. The van der Waals surface area contributed by atoms with E-state index >= 15 is 4.39 Å². The van der Waals surface area contributed by atoms with Crippen LogP contribution in [0.15, 0.2) is 71.9 Å². The van der Waals surface area contributed by atoms with Crippen LogP contribution in [0.4, 0.5) is 10.2 Å². The molecule has 1 unspecified atom stereocenters. The molecule has 13 heteroatoms. The van der Waals surface area contributed by atoms with E-state index in [0.717, 1.165) is 11.6 Å². The molecule has 2 N–H and O–H groups in total. The molecule has 3 aromatic heterocycles. The number of nitrogen functional groups attached to an aromatic ring is 1. The van der Waals surface area contributed by atoms with Gasteiger partial charge in [-0.05, 0) is 75.4 Å². The van der Waals surface area contributed by atoms with Gasteiger partial charge in [0.05, 0.1) is 39.3 Å². The molecule has 43 heavy (non-hydrogen) atoms. The van der Waals surface area contributed by atoms with Crippen LogP contribution in [-0.4, -0.2) is 50.3 Å². The number of halogens is 2. The summed E-state index contributed by atoms with van der Waals surface area (Å²) in [5.41, 5.74) is 9.47. The zero-order chi connectivity index (χ0) is 30.6. The molecule has 6 aromatic rings. The standard InChI is InChI=1S/C30H27ClFN7O3S/c1-16(2)42-25-11-8-18(12-23(25)32)28-26-29(33)34-15-35-30(26)38(37-28)17(3)27-22-10-9-19(31)13-24(22)39(36-27)20-6-5-7-21(14-20)43(4,40)41/h5-17H,1-4H3,(H2,33,34,35). The van der Waals surface area contributed by atoms with Crippen LogP contribution in [0.5, 0.6) is 5.75 Å². The Bertz CT molecular complexity index is 2140. The predicted octanol–water partition coefficient (Wildman–Crippen LogP) is 6.01. The minimum atomic E-state index is -3.45. The summed E-state index contributed by atoms with van der Waals surface area (Å²) in [6, 6.07) is 16.0. The number of anilines is 1. The second-order valence-corrected chi connectivity index (χ2v) is 12.9. The fourth-order valence-corrected chi connectivity index (χ4v) is 5.87. The first-order chi connectivity index (χ1) is 20.4. The van der Waals surface area contributed by atoms with Crippen LogP contribution < -0.4 is 10.5 Å². The molecule has 0 aliphatic rings. The SMILES string of the molecule is CC(C)Oc1ccc(-c2nn(C(C)c3nn(-c4cccc(S(C)(=O)=O)c4)c4cc(Cl)ccc34)c3ncnc(N)c23)cc1F. The van der Waals surface area contributed by atoms with E-state index in [9.17, 15) is 8.42 Å². The molecule has 0 spiro atoms. The highest BCUT2D eigenvalue weighted by molar-refractivity contribution is 7.90. The number of rotatable bonds is 7. The van der Waals surface area contributed by atoms with Crippen molar-refractivity contribution in [3.8, 4) is 22.7 Å². The summed E-state index contributed by atoms with van der Waals surface area (Å²) in [6.45, 7) is 5.55. The Balaban J connectivity index is 1.53. The van der Waals surface area contributed by atoms with Gasteiger partial charge in [-0.1, -0.05) is 17.7 Å². The number of hydrogen-bond acceptors (Lipinski definition) is 8. The minimum Gasteiger partial charge on any atom is -0.488 e. The van der Waals surface area contributed by atoms with Crippen LogP contribution in [-0.2, 0) is 9.84 Å². The zero-order valence-electron chi connectivity index (χ0n) is 23.7. The molecule has 0 saturated carbocycles. The summed E-state index contributed by atoms with van der Waals surface area (Å²) in [6.07, 6.45) is 2.31. The Hall–Kier alpha value is -4.55. The third-order valence-corrected chi connectivity index (χ3v) is 8.36. The maximum atomic E-state index is 15.0. The number of ether oxygens (including phenoxy) is 1. The smallest absolute Gasteiger partial charge is 0.175 e. The molecule has 0 fully saturated rings. The summed E-state index contributed by atoms with van der Waals surface area (Å²) in [5.74, 6) is -0.202. The lowest BCUT2D eigenvalue weighted by Crippen LogP contribution is -2.11. The highest BCUT2D eigenvalue weighted by atomic mass is 35.5. The lowest BCUT2D eigenvalue weighted by atomic mass is 10.1. The van der Waals surface area contributed by atoms with E-state index in [-0.39, 0.29) is 22.6 Å². The first-order valence-electron chi connectivity index (χ1n) is 13.4. The zero-order valence-corrected chi connectivity index (χ0v) is 25.2. The molecule has 0 aliphatic heterocycles. The Labute approximate surface area is 251 Å². The van der Waals surface area contributed by atoms with Crippen LogP contribution >= 0.6 is 11.6 Å². The quantitative estimate of drug-likeness (QED) is 0.230. The van der Waals surface area contributed by atoms with Crippen molar-refractivity contribution < 1.29 is 17.5 Å². The average molecular weight is 620 g/mol. The van der Waals surface area contributed by atoms with E-state index in [4.69, 9.17) is 32.3 Å². The molecule has 0 bridgehead atoms. The third-order valence-electron chi connectivity index (χ3n) is 7.01. The highest BCUT2D eigenvalue weighted by Crippen LogP contribution is 2.37. The van der Waals surface area contributed by atoms with Gasteiger partial charge in [-0.2, -0.15) is 10.2 Å². The van der Waals surface area contributed by atoms with Gasteiger partial charge >= 0.3 is 0 Å². The third kappa shape index (κ3) is 5.17. The molecule has 10 nitrogen and oxygen atoms in total. The summed E-state index contributed by atoms with van der Waals surface area (Å²) in [4.78, 5) is 8.81. The number of nitrogens with two attached hydrogens (primary N) is 1. The number of fused-ring (bicyclic) bond motifs is 2. The van der Waals surface area contributed by atoms with Crippen molar-refractivity contribution in [1.82, 2.24) is 29.5 Å². The van der Waals surface area contributed by atoms with E-state index in [2.05, 4.69) is 9.97 Å². The maximum Gasteiger partial charge on any atom is 0.175 e. The van der Waals surface area contributed by atoms with Gasteiger partial charge in [0, 0.05) is 22.2 Å². The molecular formula is C30H27ClFN7O3S. The fourth-order valence-electron chi connectivity index (χ4n) is 5.04. The Kier molecular flexibility index (Phi) is 7.05. The lowest BCUT2D eigenvalue weighted by molar-refractivity contribution is 0.231. The largest absolute Gasteiger partial charge is 0.488 e. The van der Waals surface area contributed by atoms with Gasteiger partial charge in [-0.3, -0.25) is 0 Å². The Morgan fingerprint density at radius 1 is 1.00 bits per heavy atom. The van der Waals surface area contributed by atoms with Gasteiger partial charge in [0.15, 0.2) is 27.1 Å². The molecular weight excluding hydrogens is 593 g/mol. The molecule has 6 rings (SSSR count). The van der Waals surface area contributed by atoms with Crippen molar-refractivity contribution in [1.29, 1.82) is 0 Å². The normalized spacial score (nSPS) is 12.8. The lowest BCUT2D eigenvalue weighted by Gasteiger charge is -2.12. The summed E-state index contributed by atoms with van der Waals surface area (Å²) in [7, 11) is -3.45. The molecule has 1 atom stereocenters. The second-order valence-electron chi connectivity index (χ2n) is 10.5. The Morgan fingerprint density at radius 3 is 2.51 bits per heavy atom. The topological polar surface area (TPSA) is 131 Å². The van der Waals surface area contributed by atoms with Crippen molar-refractivity contribution in [2.24, 2.45) is 0 Å². The van der Waals surface area contributed by atoms with Crippen LogP contribution in [0.2, 0.25) is 5.02 Å². The van der Waals surface area contributed by atoms with Gasteiger partial charge in [-0.15, -0.1) is 0 Å². The van der Waals surface area contributed by atoms with Gasteiger partial charge in [0.1, 0.15) is 17.8 Å². The van der Waals surface area contributed by atoms with Crippen LogP contribution in [0, 0.1) is 5.82 Å². The van der Waals surface area contributed by atoms with E-state index in [1.807, 2.05) is 26.8 Å². The van der Waals surface area contributed by atoms with E-state index < -0.39 is 21.7 Å². The summed E-state index contributed by atoms with van der Waals surface area (Å²) >= 11 is 6.38. The van der Waals surface area contributed by atoms with Crippen LogP contribution in [0.3, 0.4) is 0 Å². The molecule has 220 valence electrons. The van der Waals surface area contributed by atoms with E-state index in [1.54, 1.807) is 51.8 Å². The van der Waals surface area contributed by atoms with Crippen molar-refractivity contribution in [3.63, 3.8) is 0 Å². The first-order valence-corrected chi connectivity index (χ1v) is 15.6. The van der Waals surface area contributed by atoms with Crippen molar-refractivity contribution >= 4 is 49.2 Å². The van der Waals surface area contributed by atoms with Gasteiger partial charge < -0.3 is 10.5 Å². The van der Waals surface area contributed by atoms with Crippen LogP contribution in [0.1, 0.15) is 32.5 Å². The molecule has 3 heterocycles. The van der Waals surface area contributed by atoms with Crippen LogP contribution in [0.25, 0.3) is 38.9 Å². The molecule has 0 radical (unpaired) electrons. The number of sulfone groups is 1. The summed E-state index contributed by atoms with van der Waals surface area (Å²) in [5, 5.41) is 11.5. The highest BCUT2D eigenvalue weighted by Gasteiger charge is 2.26. The van der Waals surface area contributed by atoms with E-state index in [1.165, 1.54) is 18.5 Å². The number of hydrogen-bond donors (Lipinski definition) is 1. The number of benzene rings is 3. The first kappa shape index (κ1) is 28.6. The molecule has 3 aromatic carbocycles. The van der Waals surface area contributed by atoms with Crippen molar-refractivity contribution in [2.45, 2.75) is 37.8 Å². The predicted molar refractivity (Wildman–Crippen MR) is 164 cm³/mol. The van der Waals surface area contributed by atoms with Gasteiger partial charge in [0.2, 0.25) is 0 Å². The average Bonchev–Trinajstić information content (AvgIpc) is 3.53. The number of nitrogens with zero attached hydrogens (tertiary/aromatic N) is 6. The fraction of sp³-hybridized carbons (Fsp3) is 0.200. The Morgan fingerprint density at radius 2 is 1.79 bits per heavy atom. The van der Waals surface area contributed by atoms with Gasteiger partial charge in [0.25, 0.3) is 0 Å². The molecule has 0 saturated heterocycles. The maximum absolute atomic E-state index is 15.0. The molecule has 0 aliphatic carbocycles.